The molecule has 1 aromatic carbocycles. The van der Waals surface area contributed by atoms with Gasteiger partial charge in [0.05, 0.1) is 0 Å². The van der Waals surface area contributed by atoms with Crippen molar-refractivity contribution in [1.29, 1.82) is 0 Å². The molecule has 2 saturated carbocycles. The van der Waals surface area contributed by atoms with Gasteiger partial charge in [0, 0.05) is 26.2 Å². The Labute approximate surface area is 222 Å². The van der Waals surface area contributed by atoms with Crippen molar-refractivity contribution in [3.63, 3.8) is 0 Å². The molecule has 0 bridgehead atoms. The Morgan fingerprint density at radius 2 is 1.68 bits per heavy atom. The summed E-state index contributed by atoms with van der Waals surface area (Å²) in [5.74, 6) is 1.75. The molecule has 200 valence electrons. The number of rotatable bonds is 5. The van der Waals surface area contributed by atoms with E-state index in [9.17, 15) is 9.59 Å². The van der Waals surface area contributed by atoms with Gasteiger partial charge in [0.2, 0.25) is 0 Å². The Morgan fingerprint density at radius 3 is 2.38 bits per heavy atom. The molecule has 0 spiro atoms. The molecule has 0 aliphatic heterocycles. The van der Waals surface area contributed by atoms with Crippen LogP contribution in [-0.2, 0) is 19.1 Å². The molecule has 0 radical (unpaired) electrons. The van der Waals surface area contributed by atoms with Crippen molar-refractivity contribution in [2.45, 2.75) is 98.7 Å². The minimum absolute atomic E-state index is 0.0440. The summed E-state index contributed by atoms with van der Waals surface area (Å²) in [5.41, 5.74) is 5.67. The van der Waals surface area contributed by atoms with Gasteiger partial charge in [0.15, 0.2) is 0 Å². The fourth-order valence-electron chi connectivity index (χ4n) is 8.95. The molecule has 0 aromatic heterocycles. The number of carbonyl (C=O) groups excluding carboxylic acids is 2. The van der Waals surface area contributed by atoms with E-state index in [2.05, 4.69) is 52.0 Å². The van der Waals surface area contributed by atoms with Gasteiger partial charge in [-0.25, -0.2) is 0 Å². The number of hydrogen-bond acceptors (Lipinski definition) is 4. The number of allylic oxidation sites excluding steroid dienone is 2. The second-order valence-electron chi connectivity index (χ2n) is 12.8. The van der Waals surface area contributed by atoms with Crippen molar-refractivity contribution < 1.29 is 19.1 Å². The summed E-state index contributed by atoms with van der Waals surface area (Å²) >= 11 is 0. The molecule has 2 fully saturated rings. The van der Waals surface area contributed by atoms with Crippen LogP contribution in [0.3, 0.4) is 0 Å². The molecule has 0 N–H and O–H groups in total. The second-order valence-corrected chi connectivity index (χ2v) is 12.8. The third kappa shape index (κ3) is 4.49. The van der Waals surface area contributed by atoms with Crippen LogP contribution in [0.15, 0.2) is 47.6 Å². The molecule has 5 rings (SSSR count). The summed E-state index contributed by atoms with van der Waals surface area (Å²) in [6.07, 6.45) is 12.5. The lowest BCUT2D eigenvalue weighted by Gasteiger charge is -2.58. The third-order valence-electron chi connectivity index (χ3n) is 10.8. The van der Waals surface area contributed by atoms with Gasteiger partial charge in [-0.05, 0) is 85.2 Å². The molecular weight excluding hydrogens is 460 g/mol. The van der Waals surface area contributed by atoms with Gasteiger partial charge in [0.25, 0.3) is 0 Å². The lowest BCUT2D eigenvalue weighted by Crippen LogP contribution is -2.50. The first kappa shape index (κ1) is 26.3. The van der Waals surface area contributed by atoms with E-state index < -0.39 is 0 Å². The van der Waals surface area contributed by atoms with Crippen molar-refractivity contribution in [2.75, 3.05) is 0 Å². The maximum atomic E-state index is 12.2. The number of ether oxygens (including phenoxy) is 2. The predicted octanol–water partition coefficient (Wildman–Crippen LogP) is 7.67. The van der Waals surface area contributed by atoms with E-state index in [0.717, 1.165) is 37.7 Å². The van der Waals surface area contributed by atoms with Crippen molar-refractivity contribution >= 4 is 11.9 Å². The van der Waals surface area contributed by atoms with Crippen LogP contribution in [0.4, 0.5) is 0 Å². The molecule has 8 atom stereocenters. The number of fused-ring (bicyclic) bond motifs is 5. The van der Waals surface area contributed by atoms with Gasteiger partial charge >= 0.3 is 11.9 Å². The van der Waals surface area contributed by atoms with Crippen molar-refractivity contribution in [2.24, 2.45) is 34.5 Å². The number of hydrogen-bond donors (Lipinski definition) is 0. The average Bonchev–Trinajstić information content (AvgIpc) is 3.19. The van der Waals surface area contributed by atoms with Crippen LogP contribution >= 0.6 is 0 Å². The number of esters is 2. The normalized spacial score (nSPS) is 36.2. The van der Waals surface area contributed by atoms with Crippen LogP contribution in [0.1, 0.15) is 96.8 Å². The highest BCUT2D eigenvalue weighted by Gasteiger charge is 2.57. The van der Waals surface area contributed by atoms with Gasteiger partial charge in [-0.15, -0.1) is 0 Å². The van der Waals surface area contributed by atoms with Crippen molar-refractivity contribution in [1.82, 2.24) is 0 Å². The summed E-state index contributed by atoms with van der Waals surface area (Å²) < 4.78 is 11.6. The molecule has 4 aliphatic carbocycles. The van der Waals surface area contributed by atoms with Crippen LogP contribution < -0.4 is 0 Å². The molecule has 0 heterocycles. The SMILES string of the molecule is CC(=O)O[C@H]1CC[C@@]2(C)C(=CC[C@@H]3[C@@H]2CC[C@]2(C)C([C@H](C)[C@@H](OC(C)=O)c4ccccc4C)=CC[C@@H]32)C1. The van der Waals surface area contributed by atoms with Crippen LogP contribution in [0.5, 0.6) is 0 Å². The van der Waals surface area contributed by atoms with E-state index >= 15 is 0 Å². The van der Waals surface area contributed by atoms with Crippen molar-refractivity contribution in [3.05, 3.63) is 58.7 Å². The zero-order valence-corrected chi connectivity index (χ0v) is 23.5. The summed E-state index contributed by atoms with van der Waals surface area (Å²) in [4.78, 5) is 23.8. The highest BCUT2D eigenvalue weighted by atomic mass is 16.5. The van der Waals surface area contributed by atoms with Crippen LogP contribution in [0.2, 0.25) is 0 Å². The standard InChI is InChI=1S/C33H44O4/c1-20-9-7-8-10-26(20)31(37-23(4)35)21(2)28-13-14-29-27-12-11-24-19-25(36-22(3)34)15-17-32(24,5)30(27)16-18-33(28,29)6/h7-11,13,21,25,27,29-31H,12,14-19H2,1-6H3/t21-,25-,27-,29-,30-,31+,32-,33+/m0/s1. The Morgan fingerprint density at radius 1 is 0.946 bits per heavy atom. The minimum atomic E-state index is -0.259. The first-order chi connectivity index (χ1) is 17.5. The average molecular weight is 505 g/mol. The Balaban J connectivity index is 1.39. The van der Waals surface area contributed by atoms with E-state index in [1.54, 1.807) is 0 Å². The second kappa shape index (κ2) is 9.75. The van der Waals surface area contributed by atoms with Crippen LogP contribution in [0.25, 0.3) is 0 Å². The highest BCUT2D eigenvalue weighted by Crippen LogP contribution is 2.66. The summed E-state index contributed by atoms with van der Waals surface area (Å²) in [6.45, 7) is 12.4. The van der Waals surface area contributed by atoms with E-state index in [0.29, 0.717) is 17.8 Å². The Kier molecular flexibility index (Phi) is 6.92. The van der Waals surface area contributed by atoms with Gasteiger partial charge in [0.1, 0.15) is 12.2 Å². The van der Waals surface area contributed by atoms with E-state index in [1.807, 2.05) is 12.1 Å². The number of benzene rings is 1. The van der Waals surface area contributed by atoms with E-state index in [-0.39, 0.29) is 40.9 Å². The molecule has 37 heavy (non-hydrogen) atoms. The van der Waals surface area contributed by atoms with E-state index in [4.69, 9.17) is 9.47 Å². The Bertz CT molecular complexity index is 1130. The summed E-state index contributed by atoms with van der Waals surface area (Å²) in [6, 6.07) is 8.33. The molecule has 4 nitrogen and oxygen atoms in total. The monoisotopic (exact) mass is 504 g/mol. The first-order valence-corrected chi connectivity index (χ1v) is 14.3. The predicted molar refractivity (Wildman–Crippen MR) is 146 cm³/mol. The molecule has 0 saturated heterocycles. The maximum absolute atomic E-state index is 12.2. The zero-order valence-electron chi connectivity index (χ0n) is 23.5. The fourth-order valence-corrected chi connectivity index (χ4v) is 8.95. The number of carbonyl (C=O) groups is 2. The minimum Gasteiger partial charge on any atom is -0.462 e. The summed E-state index contributed by atoms with van der Waals surface area (Å²) in [5, 5.41) is 0. The van der Waals surface area contributed by atoms with Crippen LogP contribution in [0, 0.1) is 41.4 Å². The molecular formula is C33H44O4. The zero-order chi connectivity index (χ0) is 26.5. The lowest BCUT2D eigenvalue weighted by atomic mass is 9.47. The fraction of sp³-hybridized carbons (Fsp3) is 0.636. The van der Waals surface area contributed by atoms with Gasteiger partial charge in [-0.1, -0.05) is 68.3 Å². The quantitative estimate of drug-likeness (QED) is 0.305. The summed E-state index contributed by atoms with van der Waals surface area (Å²) in [7, 11) is 0. The van der Waals surface area contributed by atoms with Gasteiger partial charge < -0.3 is 9.47 Å². The third-order valence-corrected chi connectivity index (χ3v) is 10.8. The molecule has 1 aromatic rings. The smallest absolute Gasteiger partial charge is 0.303 e. The van der Waals surface area contributed by atoms with Crippen molar-refractivity contribution in [3.8, 4) is 0 Å². The topological polar surface area (TPSA) is 52.6 Å². The van der Waals surface area contributed by atoms with Crippen LogP contribution in [-0.4, -0.2) is 18.0 Å². The first-order valence-electron chi connectivity index (χ1n) is 14.3. The largest absolute Gasteiger partial charge is 0.462 e. The number of aryl methyl sites for hydroxylation is 1. The maximum Gasteiger partial charge on any atom is 0.303 e. The molecule has 0 unspecified atom stereocenters. The van der Waals surface area contributed by atoms with Gasteiger partial charge in [-0.2, -0.15) is 0 Å². The molecule has 0 amide bonds. The molecule has 4 heteroatoms. The Hall–Kier alpha value is -2.36. The highest BCUT2D eigenvalue weighted by molar-refractivity contribution is 5.66. The molecule has 4 aliphatic rings. The lowest BCUT2D eigenvalue weighted by molar-refractivity contribution is -0.149. The van der Waals surface area contributed by atoms with E-state index in [1.165, 1.54) is 43.4 Å². The van der Waals surface area contributed by atoms with Gasteiger partial charge in [-0.3, -0.25) is 9.59 Å².